The van der Waals surface area contributed by atoms with Crippen LogP contribution in [-0.4, -0.2) is 34.0 Å². The molecule has 4 nitrogen and oxygen atoms in total. The summed E-state index contributed by atoms with van der Waals surface area (Å²) in [7, 11) is 0. The third-order valence-corrected chi connectivity index (χ3v) is 4.11. The molecular formula is C18H20N2O2. The summed E-state index contributed by atoms with van der Waals surface area (Å²) < 4.78 is 0. The first-order chi connectivity index (χ1) is 10.6. The SMILES string of the molecule is Cc1nc(-c2cccc(C(=O)N3CCCCC3)c2)ccc1O. The lowest BCUT2D eigenvalue weighted by molar-refractivity contribution is 0.0724. The zero-order valence-electron chi connectivity index (χ0n) is 12.7. The largest absolute Gasteiger partial charge is 0.506 e. The average Bonchev–Trinajstić information content (AvgIpc) is 2.57. The number of benzene rings is 1. The number of amides is 1. The Kier molecular flexibility index (Phi) is 4.09. The van der Waals surface area contributed by atoms with Crippen LogP contribution in [0.2, 0.25) is 0 Å². The standard InChI is InChI=1S/C18H20N2O2/c1-13-17(21)9-8-16(19-13)14-6-5-7-15(12-14)18(22)20-10-3-2-4-11-20/h5-9,12,21H,2-4,10-11H2,1H3. The van der Waals surface area contributed by atoms with Gasteiger partial charge in [0.25, 0.3) is 5.91 Å². The highest BCUT2D eigenvalue weighted by Crippen LogP contribution is 2.23. The molecule has 0 aliphatic carbocycles. The number of aromatic hydroxyl groups is 1. The number of aromatic nitrogens is 1. The molecule has 114 valence electrons. The van der Waals surface area contributed by atoms with Crippen molar-refractivity contribution in [3.8, 4) is 17.0 Å². The van der Waals surface area contributed by atoms with Gasteiger partial charge in [-0.15, -0.1) is 0 Å². The third-order valence-electron chi connectivity index (χ3n) is 4.11. The number of hydrogen-bond donors (Lipinski definition) is 1. The second kappa shape index (κ2) is 6.18. The first-order valence-corrected chi connectivity index (χ1v) is 7.71. The molecule has 22 heavy (non-hydrogen) atoms. The fourth-order valence-corrected chi connectivity index (χ4v) is 2.81. The fraction of sp³-hybridized carbons (Fsp3) is 0.333. The van der Waals surface area contributed by atoms with Crippen LogP contribution in [0, 0.1) is 6.92 Å². The third kappa shape index (κ3) is 2.96. The number of carbonyl (C=O) groups is 1. The Morgan fingerprint density at radius 3 is 2.64 bits per heavy atom. The number of aryl methyl sites for hydroxylation is 1. The van der Waals surface area contributed by atoms with Crippen LogP contribution in [0.1, 0.15) is 35.3 Å². The van der Waals surface area contributed by atoms with Gasteiger partial charge in [0.15, 0.2) is 0 Å². The van der Waals surface area contributed by atoms with Crippen LogP contribution in [0.15, 0.2) is 36.4 Å². The summed E-state index contributed by atoms with van der Waals surface area (Å²) in [5.41, 5.74) is 2.95. The van der Waals surface area contributed by atoms with Crippen molar-refractivity contribution in [3.05, 3.63) is 47.7 Å². The number of likely N-dealkylation sites (tertiary alicyclic amines) is 1. The molecule has 0 unspecified atom stereocenters. The highest BCUT2D eigenvalue weighted by atomic mass is 16.3. The number of pyridine rings is 1. The lowest BCUT2D eigenvalue weighted by Crippen LogP contribution is -2.35. The van der Waals surface area contributed by atoms with Crippen LogP contribution in [-0.2, 0) is 0 Å². The molecule has 2 aromatic rings. The maximum absolute atomic E-state index is 12.6. The van der Waals surface area contributed by atoms with Crippen molar-refractivity contribution in [2.45, 2.75) is 26.2 Å². The van der Waals surface area contributed by atoms with E-state index in [1.165, 1.54) is 6.42 Å². The lowest BCUT2D eigenvalue weighted by atomic mass is 10.0. The predicted molar refractivity (Wildman–Crippen MR) is 85.8 cm³/mol. The van der Waals surface area contributed by atoms with Gasteiger partial charge in [-0.1, -0.05) is 12.1 Å². The molecule has 0 atom stereocenters. The highest BCUT2D eigenvalue weighted by Gasteiger charge is 2.18. The molecule has 1 aliphatic heterocycles. The van der Waals surface area contributed by atoms with E-state index in [1.807, 2.05) is 29.2 Å². The number of nitrogens with zero attached hydrogens (tertiary/aromatic N) is 2. The Morgan fingerprint density at radius 2 is 1.91 bits per heavy atom. The van der Waals surface area contributed by atoms with Crippen LogP contribution in [0.25, 0.3) is 11.3 Å². The minimum absolute atomic E-state index is 0.0945. The molecule has 3 rings (SSSR count). The summed E-state index contributed by atoms with van der Waals surface area (Å²) in [5, 5.41) is 9.58. The Morgan fingerprint density at radius 1 is 1.14 bits per heavy atom. The van der Waals surface area contributed by atoms with Gasteiger partial charge >= 0.3 is 0 Å². The predicted octanol–water partition coefficient (Wildman–Crippen LogP) is 3.39. The maximum Gasteiger partial charge on any atom is 0.253 e. The quantitative estimate of drug-likeness (QED) is 0.924. The van der Waals surface area contributed by atoms with E-state index in [4.69, 9.17) is 0 Å². The molecule has 0 spiro atoms. The van der Waals surface area contributed by atoms with E-state index < -0.39 is 0 Å². The van der Waals surface area contributed by atoms with E-state index in [0.29, 0.717) is 11.3 Å². The molecule has 1 fully saturated rings. The van der Waals surface area contributed by atoms with E-state index >= 15 is 0 Å². The van der Waals surface area contributed by atoms with Gasteiger partial charge in [0.2, 0.25) is 0 Å². The van der Waals surface area contributed by atoms with Crippen molar-refractivity contribution in [2.24, 2.45) is 0 Å². The molecule has 4 heteroatoms. The Bertz CT molecular complexity index is 691. The number of rotatable bonds is 2. The summed E-state index contributed by atoms with van der Waals surface area (Å²) in [6.45, 7) is 3.46. The van der Waals surface area contributed by atoms with E-state index in [0.717, 1.165) is 37.2 Å². The molecule has 0 bridgehead atoms. The van der Waals surface area contributed by atoms with Gasteiger partial charge in [-0.3, -0.25) is 4.79 Å². The van der Waals surface area contributed by atoms with Gasteiger partial charge in [-0.2, -0.15) is 0 Å². The molecule has 1 amide bonds. The molecule has 0 radical (unpaired) electrons. The second-order valence-electron chi connectivity index (χ2n) is 5.73. The number of carbonyl (C=O) groups excluding carboxylic acids is 1. The van der Waals surface area contributed by atoms with Crippen molar-refractivity contribution in [3.63, 3.8) is 0 Å². The normalized spacial score (nSPS) is 14.9. The first kappa shape index (κ1) is 14.6. The lowest BCUT2D eigenvalue weighted by Gasteiger charge is -2.26. The summed E-state index contributed by atoms with van der Waals surface area (Å²) in [5.74, 6) is 0.279. The number of piperidine rings is 1. The molecule has 1 saturated heterocycles. The summed E-state index contributed by atoms with van der Waals surface area (Å²) in [6.07, 6.45) is 3.38. The van der Waals surface area contributed by atoms with Crippen molar-refractivity contribution < 1.29 is 9.90 Å². The van der Waals surface area contributed by atoms with E-state index in [2.05, 4.69) is 4.98 Å². The molecule has 1 aromatic heterocycles. The van der Waals surface area contributed by atoms with E-state index in [9.17, 15) is 9.90 Å². The highest BCUT2D eigenvalue weighted by molar-refractivity contribution is 5.95. The van der Waals surface area contributed by atoms with Crippen LogP contribution >= 0.6 is 0 Å². The van der Waals surface area contributed by atoms with Crippen LogP contribution in [0.3, 0.4) is 0 Å². The van der Waals surface area contributed by atoms with Crippen LogP contribution < -0.4 is 0 Å². The topological polar surface area (TPSA) is 53.4 Å². The van der Waals surface area contributed by atoms with Gasteiger partial charge < -0.3 is 10.0 Å². The maximum atomic E-state index is 12.6. The minimum atomic E-state index is 0.0945. The zero-order valence-corrected chi connectivity index (χ0v) is 12.7. The zero-order chi connectivity index (χ0) is 15.5. The van der Waals surface area contributed by atoms with Crippen LogP contribution in [0.4, 0.5) is 0 Å². The molecular weight excluding hydrogens is 276 g/mol. The van der Waals surface area contributed by atoms with Crippen molar-refractivity contribution in [1.82, 2.24) is 9.88 Å². The summed E-state index contributed by atoms with van der Waals surface area (Å²) in [4.78, 5) is 18.9. The average molecular weight is 296 g/mol. The second-order valence-corrected chi connectivity index (χ2v) is 5.73. The Balaban J connectivity index is 1.88. The molecule has 1 N–H and O–H groups in total. The summed E-state index contributed by atoms with van der Waals surface area (Å²) >= 11 is 0. The summed E-state index contributed by atoms with van der Waals surface area (Å²) in [6, 6.07) is 11.0. The first-order valence-electron chi connectivity index (χ1n) is 7.71. The van der Waals surface area contributed by atoms with E-state index in [1.54, 1.807) is 19.1 Å². The fourth-order valence-electron chi connectivity index (χ4n) is 2.81. The van der Waals surface area contributed by atoms with Gasteiger partial charge in [0.05, 0.1) is 11.4 Å². The monoisotopic (exact) mass is 296 g/mol. The van der Waals surface area contributed by atoms with Crippen molar-refractivity contribution in [2.75, 3.05) is 13.1 Å². The Labute approximate surface area is 130 Å². The molecule has 1 aromatic carbocycles. The smallest absolute Gasteiger partial charge is 0.253 e. The molecule has 1 aliphatic rings. The van der Waals surface area contributed by atoms with Gasteiger partial charge in [-0.05, 0) is 50.5 Å². The minimum Gasteiger partial charge on any atom is -0.506 e. The van der Waals surface area contributed by atoms with Gasteiger partial charge in [-0.25, -0.2) is 4.98 Å². The van der Waals surface area contributed by atoms with E-state index in [-0.39, 0.29) is 11.7 Å². The Hall–Kier alpha value is -2.36. The van der Waals surface area contributed by atoms with Crippen molar-refractivity contribution in [1.29, 1.82) is 0 Å². The number of hydrogen-bond acceptors (Lipinski definition) is 3. The van der Waals surface area contributed by atoms with Crippen LogP contribution in [0.5, 0.6) is 5.75 Å². The molecule has 0 saturated carbocycles. The van der Waals surface area contributed by atoms with Gasteiger partial charge in [0.1, 0.15) is 5.75 Å². The van der Waals surface area contributed by atoms with Crippen molar-refractivity contribution >= 4 is 5.91 Å². The van der Waals surface area contributed by atoms with Gasteiger partial charge in [0, 0.05) is 24.2 Å². The molecule has 2 heterocycles.